The summed E-state index contributed by atoms with van der Waals surface area (Å²) in [5.41, 5.74) is 3.99. The highest BCUT2D eigenvalue weighted by molar-refractivity contribution is 5.92. The van der Waals surface area contributed by atoms with Crippen LogP contribution < -0.4 is 0 Å². The van der Waals surface area contributed by atoms with Crippen LogP contribution in [0.5, 0.6) is 0 Å². The lowest BCUT2D eigenvalue weighted by Gasteiger charge is -2.13. The number of hydrogen-bond acceptors (Lipinski definition) is 6. The number of ether oxygens (including phenoxy) is 1. The zero-order valence-electron chi connectivity index (χ0n) is 20.3. The first kappa shape index (κ1) is 23.8. The number of halogens is 1. The molecule has 3 aromatic carbocycles. The van der Waals surface area contributed by atoms with Gasteiger partial charge in [0.2, 0.25) is 0 Å². The summed E-state index contributed by atoms with van der Waals surface area (Å²) in [7, 11) is 0. The van der Waals surface area contributed by atoms with Gasteiger partial charge in [0.1, 0.15) is 24.3 Å². The third-order valence-electron chi connectivity index (χ3n) is 6.13. The van der Waals surface area contributed by atoms with Crippen LogP contribution in [-0.4, -0.2) is 25.7 Å². The fourth-order valence-corrected chi connectivity index (χ4v) is 4.24. The molecule has 0 aliphatic carbocycles. The summed E-state index contributed by atoms with van der Waals surface area (Å²) in [5.74, 6) is -0.640. The summed E-state index contributed by atoms with van der Waals surface area (Å²) < 4.78 is 22.2. The number of hydrogen-bond donors (Lipinski definition) is 0. The van der Waals surface area contributed by atoms with E-state index in [1.54, 1.807) is 36.0 Å². The normalized spacial score (nSPS) is 10.9. The number of carbonyl (C=O) groups excluding carboxylic acids is 1. The molecule has 0 bridgehead atoms. The van der Waals surface area contributed by atoms with Crippen molar-refractivity contribution in [2.75, 3.05) is 0 Å². The van der Waals surface area contributed by atoms with Gasteiger partial charge < -0.3 is 4.74 Å². The molecule has 0 amide bonds. The van der Waals surface area contributed by atoms with Crippen LogP contribution in [0.1, 0.15) is 38.4 Å². The van der Waals surface area contributed by atoms with E-state index < -0.39 is 11.8 Å². The molecule has 5 rings (SSSR count). The van der Waals surface area contributed by atoms with Gasteiger partial charge in [-0.05, 0) is 48.7 Å². The number of esters is 1. The van der Waals surface area contributed by atoms with Crippen LogP contribution in [0.3, 0.4) is 0 Å². The monoisotopic (exact) mass is 491 g/mol. The van der Waals surface area contributed by atoms with Gasteiger partial charge in [-0.3, -0.25) is 0 Å². The van der Waals surface area contributed by atoms with E-state index in [2.05, 4.69) is 15.1 Å². The molecule has 8 heteroatoms. The van der Waals surface area contributed by atoms with Gasteiger partial charge in [0.25, 0.3) is 0 Å². The van der Waals surface area contributed by atoms with Gasteiger partial charge in [-0.2, -0.15) is 10.4 Å². The Morgan fingerprint density at radius 3 is 2.59 bits per heavy atom. The van der Waals surface area contributed by atoms with Crippen LogP contribution in [0.15, 0.2) is 72.9 Å². The quantitative estimate of drug-likeness (QED) is 0.290. The van der Waals surface area contributed by atoms with Crippen molar-refractivity contribution in [3.63, 3.8) is 0 Å². The van der Waals surface area contributed by atoms with Crippen molar-refractivity contribution in [2.24, 2.45) is 0 Å². The first-order chi connectivity index (χ1) is 18.0. The van der Waals surface area contributed by atoms with Crippen molar-refractivity contribution >= 4 is 17.0 Å². The zero-order valence-corrected chi connectivity index (χ0v) is 20.3. The molecule has 0 saturated carbocycles. The van der Waals surface area contributed by atoms with Crippen molar-refractivity contribution in [3.05, 3.63) is 112 Å². The van der Waals surface area contributed by atoms with Crippen molar-refractivity contribution in [3.8, 4) is 17.3 Å². The predicted octanol–water partition coefficient (Wildman–Crippen LogP) is 5.53. The lowest BCUT2D eigenvalue weighted by atomic mass is 10.0. The third-order valence-corrected chi connectivity index (χ3v) is 6.13. The smallest absolute Gasteiger partial charge is 0.338 e. The van der Waals surface area contributed by atoms with Crippen LogP contribution in [0, 0.1) is 31.0 Å². The average molecular weight is 492 g/mol. The number of nitriles is 1. The number of benzene rings is 3. The van der Waals surface area contributed by atoms with E-state index >= 15 is 4.39 Å². The molecule has 0 aliphatic rings. The van der Waals surface area contributed by atoms with Crippen molar-refractivity contribution in [1.29, 1.82) is 5.26 Å². The second-order valence-electron chi connectivity index (χ2n) is 8.60. The van der Waals surface area contributed by atoms with Gasteiger partial charge in [-0.25, -0.2) is 23.8 Å². The second kappa shape index (κ2) is 9.99. The van der Waals surface area contributed by atoms with Crippen molar-refractivity contribution < 1.29 is 13.9 Å². The lowest BCUT2D eigenvalue weighted by molar-refractivity contribution is 0.0471. The molecule has 0 aliphatic heterocycles. The maximum absolute atomic E-state index is 15.0. The molecule has 0 fully saturated rings. The summed E-state index contributed by atoms with van der Waals surface area (Å²) in [4.78, 5) is 22.0. The number of aromatic nitrogens is 4. The Kier molecular flexibility index (Phi) is 6.43. The van der Waals surface area contributed by atoms with E-state index in [1.807, 2.05) is 55.5 Å². The first-order valence-electron chi connectivity index (χ1n) is 11.6. The summed E-state index contributed by atoms with van der Waals surface area (Å²) in [5, 5.41) is 14.3. The highest BCUT2D eigenvalue weighted by Crippen LogP contribution is 2.30. The molecule has 0 spiro atoms. The minimum absolute atomic E-state index is 0.0622. The molecule has 37 heavy (non-hydrogen) atoms. The molecule has 2 heterocycles. The van der Waals surface area contributed by atoms with E-state index in [-0.39, 0.29) is 24.3 Å². The Bertz CT molecular complexity index is 1670. The summed E-state index contributed by atoms with van der Waals surface area (Å²) in [6.45, 7) is 4.05. The largest absolute Gasteiger partial charge is 0.457 e. The summed E-state index contributed by atoms with van der Waals surface area (Å²) in [6.07, 6.45) is 1.58. The average Bonchev–Trinajstić information content (AvgIpc) is 3.31. The fraction of sp³-hybridized carbons (Fsp3) is 0.138. The Hall–Kier alpha value is -4.90. The highest BCUT2D eigenvalue weighted by atomic mass is 19.1. The highest BCUT2D eigenvalue weighted by Gasteiger charge is 2.20. The van der Waals surface area contributed by atoms with Gasteiger partial charge in [0.15, 0.2) is 5.65 Å². The second-order valence-corrected chi connectivity index (χ2v) is 8.60. The Morgan fingerprint density at radius 1 is 1.03 bits per heavy atom. The van der Waals surface area contributed by atoms with E-state index in [0.29, 0.717) is 28.1 Å². The summed E-state index contributed by atoms with van der Waals surface area (Å²) >= 11 is 0. The summed E-state index contributed by atoms with van der Waals surface area (Å²) in [6, 6.07) is 21.4. The fourth-order valence-electron chi connectivity index (χ4n) is 4.24. The van der Waals surface area contributed by atoms with Gasteiger partial charge in [0.05, 0.1) is 34.9 Å². The minimum Gasteiger partial charge on any atom is -0.457 e. The molecule has 2 aromatic heterocycles. The van der Waals surface area contributed by atoms with Crippen molar-refractivity contribution in [1.82, 2.24) is 19.7 Å². The predicted molar refractivity (Wildman–Crippen MR) is 136 cm³/mol. The first-order valence-corrected chi connectivity index (χ1v) is 11.6. The van der Waals surface area contributed by atoms with Crippen LogP contribution in [0.4, 0.5) is 4.39 Å². The van der Waals surface area contributed by atoms with Gasteiger partial charge in [-0.15, -0.1) is 0 Å². The SMILES string of the molecule is Cc1nc(-c2cccc(C#N)c2F)c2cnn(Cc3c(C)cccc3C(=O)OCc3ccccc3)c2n1. The number of aryl methyl sites for hydroxylation is 2. The Balaban J connectivity index is 1.52. The molecule has 0 radical (unpaired) electrons. The van der Waals surface area contributed by atoms with Gasteiger partial charge in [0, 0.05) is 5.56 Å². The van der Waals surface area contributed by atoms with Gasteiger partial charge >= 0.3 is 5.97 Å². The van der Waals surface area contributed by atoms with Crippen LogP contribution in [0.2, 0.25) is 0 Å². The topological polar surface area (TPSA) is 93.7 Å². The maximum atomic E-state index is 15.0. The molecule has 0 N–H and O–H groups in total. The number of nitrogens with zero attached hydrogens (tertiary/aromatic N) is 5. The Morgan fingerprint density at radius 2 is 1.81 bits per heavy atom. The zero-order chi connectivity index (χ0) is 25.9. The van der Waals surface area contributed by atoms with Gasteiger partial charge in [-0.1, -0.05) is 48.5 Å². The van der Waals surface area contributed by atoms with Crippen molar-refractivity contribution in [2.45, 2.75) is 27.0 Å². The van der Waals surface area contributed by atoms with Crippen LogP contribution in [-0.2, 0) is 17.9 Å². The number of rotatable bonds is 6. The molecule has 7 nitrogen and oxygen atoms in total. The van der Waals surface area contributed by atoms with E-state index in [9.17, 15) is 10.1 Å². The molecule has 5 aromatic rings. The molecule has 0 unspecified atom stereocenters. The minimum atomic E-state index is -0.639. The van der Waals surface area contributed by atoms with E-state index in [1.165, 1.54) is 6.07 Å². The molecular formula is C29H22FN5O2. The van der Waals surface area contributed by atoms with Crippen LogP contribution in [0.25, 0.3) is 22.3 Å². The maximum Gasteiger partial charge on any atom is 0.338 e. The van der Waals surface area contributed by atoms with E-state index in [0.717, 1.165) is 16.7 Å². The Labute approximate surface area is 212 Å². The standard InChI is InChI=1S/C29H22FN5O2/c1-18-8-6-12-22(29(36)37-17-20-9-4-3-5-10-20)25(18)16-35-28-24(15-32-35)27(33-19(2)34-28)23-13-7-11-21(14-31)26(23)30/h3-13,15H,16-17H2,1-2H3. The molecular weight excluding hydrogens is 469 g/mol. The van der Waals surface area contributed by atoms with E-state index in [4.69, 9.17) is 4.74 Å². The van der Waals surface area contributed by atoms with Crippen LogP contribution >= 0.6 is 0 Å². The molecule has 0 saturated heterocycles. The lowest BCUT2D eigenvalue weighted by Crippen LogP contribution is -2.13. The third kappa shape index (κ3) is 4.67. The number of fused-ring (bicyclic) bond motifs is 1. The number of carbonyl (C=O) groups is 1. The molecule has 0 atom stereocenters. The molecule has 182 valence electrons.